The van der Waals surface area contributed by atoms with Crippen molar-refractivity contribution in [3.05, 3.63) is 64.8 Å². The second-order valence-corrected chi connectivity index (χ2v) is 5.86. The molecule has 120 valence electrons. The molecule has 3 heterocycles. The maximum atomic E-state index is 12.5. The third-order valence-corrected chi connectivity index (χ3v) is 4.13. The van der Waals surface area contributed by atoms with Gasteiger partial charge in [0.2, 0.25) is 0 Å². The van der Waals surface area contributed by atoms with Crippen molar-refractivity contribution in [3.63, 3.8) is 0 Å². The molecule has 0 aliphatic rings. The highest BCUT2D eigenvalue weighted by molar-refractivity contribution is 6.31. The summed E-state index contributed by atoms with van der Waals surface area (Å²) >= 11 is 6.00. The summed E-state index contributed by atoms with van der Waals surface area (Å²) in [7, 11) is 0. The number of amides is 1. The quantitative estimate of drug-likeness (QED) is 0.620. The molecule has 0 bridgehead atoms. The highest BCUT2D eigenvalue weighted by atomic mass is 35.5. The predicted molar refractivity (Wildman–Crippen MR) is 90.1 cm³/mol. The molecule has 0 spiro atoms. The number of hydrogen-bond donors (Lipinski definition) is 1. The fourth-order valence-electron chi connectivity index (χ4n) is 2.66. The van der Waals surface area contributed by atoms with Crippen LogP contribution in [-0.2, 0) is 6.54 Å². The van der Waals surface area contributed by atoms with Crippen LogP contribution in [0, 0.1) is 6.92 Å². The first-order chi connectivity index (χ1) is 11.6. The lowest BCUT2D eigenvalue weighted by Crippen LogP contribution is -2.24. The number of nitrogens with one attached hydrogen (secondary N) is 1. The molecule has 0 aliphatic carbocycles. The van der Waals surface area contributed by atoms with Crippen molar-refractivity contribution in [3.8, 4) is 0 Å². The average molecular weight is 341 g/mol. The van der Waals surface area contributed by atoms with Gasteiger partial charge in [0.05, 0.1) is 6.54 Å². The van der Waals surface area contributed by atoms with Crippen molar-refractivity contribution in [2.45, 2.75) is 13.5 Å². The van der Waals surface area contributed by atoms with E-state index in [1.54, 1.807) is 18.2 Å². The number of nitrogens with zero attached hydrogens (tertiary/aromatic N) is 3. The predicted octanol–water partition coefficient (Wildman–Crippen LogP) is 3.37. The molecule has 4 rings (SSSR count). The van der Waals surface area contributed by atoms with Crippen LogP contribution in [0.3, 0.4) is 0 Å². The second kappa shape index (κ2) is 5.65. The Kier molecular flexibility index (Phi) is 3.46. The summed E-state index contributed by atoms with van der Waals surface area (Å²) < 4.78 is 7.48. The molecule has 0 fully saturated rings. The molecule has 1 N–H and O–H groups in total. The minimum atomic E-state index is -0.299. The summed E-state index contributed by atoms with van der Waals surface area (Å²) in [5.41, 5.74) is 2.13. The Balaban J connectivity index is 1.59. The minimum absolute atomic E-state index is 0.251. The maximum absolute atomic E-state index is 12.5. The Labute approximate surface area is 142 Å². The highest BCUT2D eigenvalue weighted by Gasteiger charge is 2.18. The Morgan fingerprint density at radius 1 is 1.29 bits per heavy atom. The molecule has 0 saturated heterocycles. The molecule has 4 aromatic rings. The van der Waals surface area contributed by atoms with Gasteiger partial charge in [-0.25, -0.2) is 0 Å². The molecule has 0 radical (unpaired) electrons. The standard InChI is InChI=1S/C17H13ClN4O2/c1-10-12-8-11(18)5-6-13(12)24-16(10)17(23)19-9-15-21-20-14-4-2-3-7-22(14)15/h2-8H,9H2,1H3,(H,19,23). The molecule has 6 nitrogen and oxygen atoms in total. The Morgan fingerprint density at radius 2 is 2.17 bits per heavy atom. The molecule has 1 aromatic carbocycles. The molecular formula is C17H13ClN4O2. The van der Waals surface area contributed by atoms with E-state index in [9.17, 15) is 4.79 Å². The van der Waals surface area contributed by atoms with Gasteiger partial charge in [-0.05, 0) is 37.3 Å². The molecule has 3 aromatic heterocycles. The van der Waals surface area contributed by atoms with Crippen LogP contribution in [0.25, 0.3) is 16.6 Å². The SMILES string of the molecule is Cc1c(C(=O)NCc2nnc3ccccn23)oc2ccc(Cl)cc12. The number of benzene rings is 1. The number of halogens is 1. The zero-order valence-corrected chi connectivity index (χ0v) is 13.5. The van der Waals surface area contributed by atoms with E-state index in [2.05, 4.69) is 15.5 Å². The van der Waals surface area contributed by atoms with E-state index < -0.39 is 0 Å². The first-order valence-corrected chi connectivity index (χ1v) is 7.77. The highest BCUT2D eigenvalue weighted by Crippen LogP contribution is 2.27. The van der Waals surface area contributed by atoms with E-state index in [0.717, 1.165) is 16.6 Å². The maximum Gasteiger partial charge on any atom is 0.287 e. The lowest BCUT2D eigenvalue weighted by molar-refractivity contribution is 0.0923. The van der Waals surface area contributed by atoms with E-state index in [0.29, 0.717) is 16.4 Å². The number of hydrogen-bond acceptors (Lipinski definition) is 4. The molecule has 7 heteroatoms. The van der Waals surface area contributed by atoms with E-state index in [1.165, 1.54) is 0 Å². The molecule has 24 heavy (non-hydrogen) atoms. The third kappa shape index (κ3) is 2.41. The number of aromatic nitrogens is 3. The lowest BCUT2D eigenvalue weighted by Gasteiger charge is -2.02. The van der Waals surface area contributed by atoms with E-state index in [-0.39, 0.29) is 18.2 Å². The van der Waals surface area contributed by atoms with Crippen molar-refractivity contribution in [1.82, 2.24) is 19.9 Å². The molecule has 0 atom stereocenters. The van der Waals surface area contributed by atoms with E-state index in [4.69, 9.17) is 16.0 Å². The number of furan rings is 1. The number of rotatable bonds is 3. The van der Waals surface area contributed by atoms with Crippen LogP contribution in [0.1, 0.15) is 21.9 Å². The zero-order chi connectivity index (χ0) is 16.7. The normalized spacial score (nSPS) is 11.2. The van der Waals surface area contributed by atoms with Crippen molar-refractivity contribution in [2.75, 3.05) is 0 Å². The summed E-state index contributed by atoms with van der Waals surface area (Å²) in [5.74, 6) is 0.629. The first kappa shape index (κ1) is 14.7. The zero-order valence-electron chi connectivity index (χ0n) is 12.8. The number of pyridine rings is 1. The van der Waals surface area contributed by atoms with Crippen LogP contribution >= 0.6 is 11.6 Å². The summed E-state index contributed by atoms with van der Waals surface area (Å²) in [6.07, 6.45) is 1.85. The van der Waals surface area contributed by atoms with Gasteiger partial charge in [-0.1, -0.05) is 17.7 Å². The van der Waals surface area contributed by atoms with Gasteiger partial charge < -0.3 is 9.73 Å². The fourth-order valence-corrected chi connectivity index (χ4v) is 2.83. The van der Waals surface area contributed by atoms with Crippen LogP contribution in [0.2, 0.25) is 5.02 Å². The fraction of sp³-hybridized carbons (Fsp3) is 0.118. The van der Waals surface area contributed by atoms with Gasteiger partial charge in [0, 0.05) is 22.2 Å². The molecular weight excluding hydrogens is 328 g/mol. The molecule has 0 unspecified atom stereocenters. The van der Waals surface area contributed by atoms with Gasteiger partial charge in [0.1, 0.15) is 5.58 Å². The van der Waals surface area contributed by atoms with Gasteiger partial charge in [0.15, 0.2) is 17.2 Å². The molecule has 0 aliphatic heterocycles. The first-order valence-electron chi connectivity index (χ1n) is 7.39. The molecule has 0 saturated carbocycles. The monoisotopic (exact) mass is 340 g/mol. The number of fused-ring (bicyclic) bond motifs is 2. The van der Waals surface area contributed by atoms with Crippen molar-refractivity contribution in [1.29, 1.82) is 0 Å². The summed E-state index contributed by atoms with van der Waals surface area (Å²) in [4.78, 5) is 12.5. The number of carbonyl (C=O) groups excluding carboxylic acids is 1. The molecule has 1 amide bonds. The minimum Gasteiger partial charge on any atom is -0.451 e. The van der Waals surface area contributed by atoms with Gasteiger partial charge in [-0.3, -0.25) is 9.20 Å². The van der Waals surface area contributed by atoms with Crippen LogP contribution in [0.15, 0.2) is 47.0 Å². The van der Waals surface area contributed by atoms with Gasteiger partial charge in [-0.2, -0.15) is 0 Å². The number of aryl methyl sites for hydroxylation is 1. The van der Waals surface area contributed by atoms with Gasteiger partial charge in [0.25, 0.3) is 5.91 Å². The van der Waals surface area contributed by atoms with Crippen LogP contribution in [-0.4, -0.2) is 20.5 Å². The topological polar surface area (TPSA) is 72.4 Å². The summed E-state index contributed by atoms with van der Waals surface area (Å²) in [6.45, 7) is 2.09. The van der Waals surface area contributed by atoms with E-state index >= 15 is 0 Å². The Hall–Kier alpha value is -2.86. The van der Waals surface area contributed by atoms with Crippen molar-refractivity contribution in [2.24, 2.45) is 0 Å². The second-order valence-electron chi connectivity index (χ2n) is 5.42. The Morgan fingerprint density at radius 3 is 3.04 bits per heavy atom. The summed E-state index contributed by atoms with van der Waals surface area (Å²) in [6, 6.07) is 10.9. The lowest BCUT2D eigenvalue weighted by atomic mass is 10.1. The van der Waals surface area contributed by atoms with Crippen LogP contribution in [0.4, 0.5) is 0 Å². The largest absolute Gasteiger partial charge is 0.451 e. The van der Waals surface area contributed by atoms with Crippen molar-refractivity contribution < 1.29 is 9.21 Å². The average Bonchev–Trinajstić information content (AvgIpc) is 3.14. The van der Waals surface area contributed by atoms with Crippen LogP contribution in [0.5, 0.6) is 0 Å². The Bertz CT molecular complexity index is 1070. The van der Waals surface area contributed by atoms with Crippen LogP contribution < -0.4 is 5.32 Å². The van der Waals surface area contributed by atoms with E-state index in [1.807, 2.05) is 35.7 Å². The van der Waals surface area contributed by atoms with Crippen molar-refractivity contribution >= 4 is 34.1 Å². The van der Waals surface area contributed by atoms with Gasteiger partial charge in [-0.15, -0.1) is 10.2 Å². The van der Waals surface area contributed by atoms with Gasteiger partial charge >= 0.3 is 0 Å². The smallest absolute Gasteiger partial charge is 0.287 e. The summed E-state index contributed by atoms with van der Waals surface area (Å²) in [5, 5.41) is 12.4. The third-order valence-electron chi connectivity index (χ3n) is 3.90. The number of carbonyl (C=O) groups is 1.